The van der Waals surface area contributed by atoms with Gasteiger partial charge in [0.25, 0.3) is 0 Å². The number of carbonyl (C=O) groups excluding carboxylic acids is 1. The van der Waals surface area contributed by atoms with Crippen molar-refractivity contribution in [2.75, 3.05) is 44.0 Å². The van der Waals surface area contributed by atoms with Crippen molar-refractivity contribution < 1.29 is 9.53 Å². The molecule has 1 N–H and O–H groups in total. The molecule has 0 saturated carbocycles. The lowest BCUT2D eigenvalue weighted by Gasteiger charge is -2.24. The number of hydrogen-bond acceptors (Lipinski definition) is 5. The molecule has 0 aromatic heterocycles. The second-order valence-electron chi connectivity index (χ2n) is 6.83. The fraction of sp³-hybridized carbons (Fsp3) is 0.650. The van der Waals surface area contributed by atoms with E-state index in [1.54, 1.807) is 0 Å². The number of carbonyl (C=O) groups is 1. The van der Waals surface area contributed by atoms with Gasteiger partial charge < -0.3 is 19.9 Å². The van der Waals surface area contributed by atoms with Crippen LogP contribution in [0.15, 0.2) is 18.2 Å². The number of nitrogens with zero attached hydrogens (tertiary/aromatic N) is 2. The Morgan fingerprint density at radius 2 is 1.92 bits per heavy atom. The highest BCUT2D eigenvalue weighted by Gasteiger charge is 2.26. The van der Waals surface area contributed by atoms with Gasteiger partial charge in [0.2, 0.25) is 0 Å². The van der Waals surface area contributed by atoms with Crippen molar-refractivity contribution in [2.45, 2.75) is 52.1 Å². The van der Waals surface area contributed by atoms with Crippen LogP contribution in [0.3, 0.4) is 0 Å². The molecule has 1 aromatic carbocycles. The molecule has 5 nitrogen and oxygen atoms in total. The lowest BCUT2D eigenvalue weighted by atomic mass is 10.1. The van der Waals surface area contributed by atoms with Gasteiger partial charge in [0.15, 0.2) is 0 Å². The van der Waals surface area contributed by atoms with Gasteiger partial charge in [-0.2, -0.15) is 0 Å². The molecule has 1 aliphatic heterocycles. The molecular formula is C20H33N3O2. The molecule has 1 aromatic rings. The Morgan fingerprint density at radius 3 is 2.56 bits per heavy atom. The van der Waals surface area contributed by atoms with Crippen LogP contribution < -0.4 is 10.2 Å². The van der Waals surface area contributed by atoms with Crippen LogP contribution in [0.2, 0.25) is 0 Å². The van der Waals surface area contributed by atoms with Gasteiger partial charge in [-0.3, -0.25) is 0 Å². The fourth-order valence-corrected chi connectivity index (χ4v) is 3.54. The van der Waals surface area contributed by atoms with Crippen LogP contribution in [0.5, 0.6) is 0 Å². The quantitative estimate of drug-likeness (QED) is 0.513. The van der Waals surface area contributed by atoms with Crippen molar-refractivity contribution in [3.05, 3.63) is 23.8 Å². The van der Waals surface area contributed by atoms with Crippen LogP contribution in [0.4, 0.5) is 11.4 Å². The number of unbranched alkanes of at least 4 members (excludes halogenated alkanes) is 1. The first kappa shape index (κ1) is 19.6. The van der Waals surface area contributed by atoms with E-state index in [9.17, 15) is 4.79 Å². The highest BCUT2D eigenvalue weighted by atomic mass is 16.5. The maximum atomic E-state index is 11.7. The third-order valence-electron chi connectivity index (χ3n) is 4.87. The summed E-state index contributed by atoms with van der Waals surface area (Å²) in [7, 11) is 3.51. The molecule has 140 valence electrons. The van der Waals surface area contributed by atoms with Gasteiger partial charge in [-0.05, 0) is 69.9 Å². The minimum absolute atomic E-state index is 0.286. The first-order valence-electron chi connectivity index (χ1n) is 9.54. The Hall–Kier alpha value is -1.75. The van der Waals surface area contributed by atoms with Crippen molar-refractivity contribution >= 4 is 17.3 Å². The second kappa shape index (κ2) is 9.66. The first-order chi connectivity index (χ1) is 12.1. The van der Waals surface area contributed by atoms with Crippen molar-refractivity contribution in [2.24, 2.45) is 0 Å². The summed E-state index contributed by atoms with van der Waals surface area (Å²) in [4.78, 5) is 16.5. The van der Waals surface area contributed by atoms with E-state index in [1.165, 1.54) is 52.4 Å². The first-order valence-corrected chi connectivity index (χ1v) is 9.54. The minimum atomic E-state index is -0.286. The SMILES string of the molecule is CCCN(CCC)CCCCC1Nc2ccc(C(=O)OC)cc2N1C. The number of hydrogen-bond donors (Lipinski definition) is 1. The predicted octanol–water partition coefficient (Wildman–Crippen LogP) is 3.95. The highest BCUT2D eigenvalue weighted by Crippen LogP contribution is 2.35. The summed E-state index contributed by atoms with van der Waals surface area (Å²) in [5, 5.41) is 3.57. The van der Waals surface area contributed by atoms with Gasteiger partial charge in [0, 0.05) is 7.05 Å². The van der Waals surface area contributed by atoms with Crippen molar-refractivity contribution in [1.29, 1.82) is 0 Å². The topological polar surface area (TPSA) is 44.8 Å². The number of ether oxygens (including phenoxy) is 1. The van der Waals surface area contributed by atoms with Crippen molar-refractivity contribution in [3.8, 4) is 0 Å². The lowest BCUT2D eigenvalue weighted by Crippen LogP contribution is -2.32. The molecule has 2 rings (SSSR count). The molecule has 0 saturated heterocycles. The molecule has 0 spiro atoms. The van der Waals surface area contributed by atoms with Crippen LogP contribution in [-0.4, -0.2) is 50.8 Å². The third-order valence-corrected chi connectivity index (χ3v) is 4.87. The number of benzene rings is 1. The van der Waals surface area contributed by atoms with Gasteiger partial charge in [-0.15, -0.1) is 0 Å². The number of nitrogens with one attached hydrogen (secondary N) is 1. The molecule has 1 heterocycles. The zero-order chi connectivity index (χ0) is 18.2. The van der Waals surface area contributed by atoms with Crippen LogP contribution in [0.1, 0.15) is 56.3 Å². The molecule has 1 aliphatic rings. The molecule has 0 aliphatic carbocycles. The van der Waals surface area contributed by atoms with Gasteiger partial charge in [0.05, 0.1) is 30.2 Å². The Balaban J connectivity index is 1.83. The van der Waals surface area contributed by atoms with Crippen molar-refractivity contribution in [3.63, 3.8) is 0 Å². The Kier molecular flexibility index (Phi) is 7.56. The molecule has 5 heteroatoms. The third kappa shape index (κ3) is 5.11. The average Bonchev–Trinajstić information content (AvgIpc) is 2.93. The molecule has 1 unspecified atom stereocenters. The summed E-state index contributed by atoms with van der Waals surface area (Å²) in [6.45, 7) is 8.10. The van der Waals surface area contributed by atoms with E-state index in [2.05, 4.69) is 36.0 Å². The van der Waals surface area contributed by atoms with E-state index >= 15 is 0 Å². The summed E-state index contributed by atoms with van der Waals surface area (Å²) in [6.07, 6.45) is 6.29. The number of esters is 1. The second-order valence-corrected chi connectivity index (χ2v) is 6.83. The minimum Gasteiger partial charge on any atom is -0.465 e. The van der Waals surface area contributed by atoms with E-state index < -0.39 is 0 Å². The summed E-state index contributed by atoms with van der Waals surface area (Å²) in [5.41, 5.74) is 2.77. The molecule has 0 amide bonds. The normalized spacial score (nSPS) is 16.0. The summed E-state index contributed by atoms with van der Waals surface area (Å²) >= 11 is 0. The van der Waals surface area contributed by atoms with Gasteiger partial charge in [-0.25, -0.2) is 4.79 Å². The Morgan fingerprint density at radius 1 is 1.20 bits per heavy atom. The van der Waals surface area contributed by atoms with Crippen LogP contribution in [0, 0.1) is 0 Å². The summed E-state index contributed by atoms with van der Waals surface area (Å²) < 4.78 is 4.82. The molecule has 0 bridgehead atoms. The smallest absolute Gasteiger partial charge is 0.337 e. The number of rotatable bonds is 10. The zero-order valence-electron chi connectivity index (χ0n) is 16.2. The molecule has 25 heavy (non-hydrogen) atoms. The predicted molar refractivity (Wildman–Crippen MR) is 104 cm³/mol. The molecule has 0 radical (unpaired) electrons. The average molecular weight is 348 g/mol. The zero-order valence-corrected chi connectivity index (χ0v) is 16.2. The van der Waals surface area contributed by atoms with Gasteiger partial charge in [0.1, 0.15) is 0 Å². The standard InChI is InChI=1S/C20H33N3O2/c1-5-12-23(13-6-2)14-8-7-9-19-21-17-11-10-16(20(24)25-4)15-18(17)22(19)3/h10-11,15,19,21H,5-9,12-14H2,1-4H3. The van der Waals surface area contributed by atoms with E-state index in [4.69, 9.17) is 4.74 Å². The van der Waals surface area contributed by atoms with E-state index in [-0.39, 0.29) is 5.97 Å². The summed E-state index contributed by atoms with van der Waals surface area (Å²) in [6, 6.07) is 5.71. The van der Waals surface area contributed by atoms with Crippen LogP contribution in [-0.2, 0) is 4.74 Å². The number of anilines is 2. The summed E-state index contributed by atoms with van der Waals surface area (Å²) in [5.74, 6) is -0.286. The number of methoxy groups -OCH3 is 1. The molecular weight excluding hydrogens is 314 g/mol. The largest absolute Gasteiger partial charge is 0.465 e. The highest BCUT2D eigenvalue weighted by molar-refractivity contribution is 5.93. The van der Waals surface area contributed by atoms with E-state index in [1.807, 2.05) is 18.2 Å². The number of fused-ring (bicyclic) bond motifs is 1. The van der Waals surface area contributed by atoms with Crippen LogP contribution in [0.25, 0.3) is 0 Å². The maximum absolute atomic E-state index is 11.7. The molecule has 1 atom stereocenters. The maximum Gasteiger partial charge on any atom is 0.337 e. The Labute approximate surface area is 152 Å². The lowest BCUT2D eigenvalue weighted by molar-refractivity contribution is 0.0601. The van der Waals surface area contributed by atoms with Crippen LogP contribution >= 0.6 is 0 Å². The van der Waals surface area contributed by atoms with E-state index in [0.29, 0.717) is 11.7 Å². The van der Waals surface area contributed by atoms with Crippen molar-refractivity contribution in [1.82, 2.24) is 4.90 Å². The van der Waals surface area contributed by atoms with Gasteiger partial charge >= 0.3 is 5.97 Å². The Bertz CT molecular complexity index is 556. The van der Waals surface area contributed by atoms with Gasteiger partial charge in [-0.1, -0.05) is 13.8 Å². The molecule has 0 fully saturated rings. The van der Waals surface area contributed by atoms with E-state index in [0.717, 1.165) is 17.8 Å². The monoisotopic (exact) mass is 347 g/mol. The fourth-order valence-electron chi connectivity index (χ4n) is 3.54.